The van der Waals surface area contributed by atoms with Gasteiger partial charge in [0.1, 0.15) is 19.0 Å². The summed E-state index contributed by atoms with van der Waals surface area (Å²) in [6.07, 6.45) is 4.15. The number of benzene rings is 2. The minimum Gasteiger partial charge on any atom is -0.507 e. The number of Topliss-reactive ketones (excluding diaryl/α,β-unsaturated/α-hetero) is 1. The van der Waals surface area contributed by atoms with E-state index >= 15 is 0 Å². The van der Waals surface area contributed by atoms with Crippen LogP contribution in [0, 0.1) is 5.92 Å². The number of aliphatic hydroxyl groups is 1. The first-order valence-electron chi connectivity index (χ1n) is 13.8. The lowest BCUT2D eigenvalue weighted by Crippen LogP contribution is -2.29. The summed E-state index contributed by atoms with van der Waals surface area (Å²) in [6.45, 7) is 8.01. The summed E-state index contributed by atoms with van der Waals surface area (Å²) in [5.41, 5.74) is 1.73. The summed E-state index contributed by atoms with van der Waals surface area (Å²) in [5, 5.41) is 11.5. The molecule has 0 aliphatic carbocycles. The zero-order valence-electron chi connectivity index (χ0n) is 23.5. The molecule has 3 heterocycles. The Kier molecular flexibility index (Phi) is 8.42. The van der Waals surface area contributed by atoms with Crippen molar-refractivity contribution in [3.8, 4) is 23.0 Å². The van der Waals surface area contributed by atoms with Crippen molar-refractivity contribution in [3.63, 3.8) is 0 Å². The largest absolute Gasteiger partial charge is 0.507 e. The fraction of sp³-hybridized carbons (Fsp3) is 0.344. The molecule has 1 fully saturated rings. The van der Waals surface area contributed by atoms with Crippen molar-refractivity contribution in [1.29, 1.82) is 0 Å². The standard InChI is InChI=1S/C32H34N2O7/c1-4-38-26-17-22(5-7-24(26)39-14-11-20(2)3)29-28(30(35)23-6-8-25-27(18-23)41-16-15-40-25)31(36)32(37)34(29)19-21-9-12-33-13-10-21/h5-10,12-13,17-18,20,29,35H,4,11,14-16,19H2,1-3H3/b30-28-. The van der Waals surface area contributed by atoms with Crippen molar-refractivity contribution in [2.24, 2.45) is 5.92 Å². The number of carbonyl (C=O) groups is 2. The smallest absolute Gasteiger partial charge is 0.295 e. The highest BCUT2D eigenvalue weighted by molar-refractivity contribution is 6.46. The molecule has 1 N–H and O–H groups in total. The van der Waals surface area contributed by atoms with Crippen LogP contribution in [-0.4, -0.2) is 53.1 Å². The fourth-order valence-corrected chi connectivity index (χ4v) is 4.91. The van der Waals surface area contributed by atoms with Crippen LogP contribution < -0.4 is 18.9 Å². The van der Waals surface area contributed by atoms with Crippen molar-refractivity contribution in [1.82, 2.24) is 9.88 Å². The molecule has 2 aliphatic rings. The van der Waals surface area contributed by atoms with Gasteiger partial charge in [-0.05, 0) is 72.9 Å². The van der Waals surface area contributed by atoms with Gasteiger partial charge in [-0.15, -0.1) is 0 Å². The first kappa shape index (κ1) is 28.0. The zero-order chi connectivity index (χ0) is 28.9. The van der Waals surface area contributed by atoms with Gasteiger partial charge < -0.3 is 29.0 Å². The van der Waals surface area contributed by atoms with Gasteiger partial charge in [0.2, 0.25) is 0 Å². The normalized spacial score (nSPS) is 17.7. The number of ketones is 1. The van der Waals surface area contributed by atoms with Crippen molar-refractivity contribution in [2.75, 3.05) is 26.4 Å². The lowest BCUT2D eigenvalue weighted by Gasteiger charge is -2.26. The van der Waals surface area contributed by atoms with Crippen molar-refractivity contribution in [2.45, 2.75) is 39.8 Å². The maximum Gasteiger partial charge on any atom is 0.295 e. The SMILES string of the molecule is CCOc1cc(C2/C(=C(/O)c3ccc4c(c3)OCCO4)C(=O)C(=O)N2Cc2ccncc2)ccc1OCCC(C)C. The summed E-state index contributed by atoms with van der Waals surface area (Å²) < 4.78 is 23.2. The molecular weight excluding hydrogens is 524 g/mol. The van der Waals surface area contributed by atoms with Crippen LogP contribution in [0.5, 0.6) is 23.0 Å². The molecule has 1 amide bonds. The Labute approximate surface area is 239 Å². The van der Waals surface area contributed by atoms with Crippen molar-refractivity contribution >= 4 is 17.4 Å². The van der Waals surface area contributed by atoms with Gasteiger partial charge in [0.15, 0.2) is 23.0 Å². The van der Waals surface area contributed by atoms with Crippen molar-refractivity contribution in [3.05, 3.63) is 83.2 Å². The monoisotopic (exact) mass is 558 g/mol. The molecule has 0 radical (unpaired) electrons. The molecule has 0 spiro atoms. The lowest BCUT2D eigenvalue weighted by molar-refractivity contribution is -0.140. The number of aromatic nitrogens is 1. The molecule has 1 aromatic heterocycles. The van der Waals surface area contributed by atoms with Crippen molar-refractivity contribution < 1.29 is 33.6 Å². The van der Waals surface area contributed by atoms with E-state index in [1.54, 1.807) is 60.9 Å². The highest BCUT2D eigenvalue weighted by Gasteiger charge is 2.46. The van der Waals surface area contributed by atoms with Gasteiger partial charge in [-0.3, -0.25) is 14.6 Å². The maximum atomic E-state index is 13.5. The summed E-state index contributed by atoms with van der Waals surface area (Å²) in [5.74, 6) is 0.807. The number of carbonyl (C=O) groups excluding carboxylic acids is 2. The van der Waals surface area contributed by atoms with E-state index in [9.17, 15) is 14.7 Å². The Morgan fingerprint density at radius 3 is 2.49 bits per heavy atom. The van der Waals surface area contributed by atoms with Crippen LogP contribution in [-0.2, 0) is 16.1 Å². The fourth-order valence-electron chi connectivity index (χ4n) is 4.91. The molecule has 1 unspecified atom stereocenters. The van der Waals surface area contributed by atoms with E-state index < -0.39 is 17.7 Å². The molecule has 214 valence electrons. The number of amides is 1. The predicted octanol–water partition coefficient (Wildman–Crippen LogP) is 5.30. The van der Waals surface area contributed by atoms with Gasteiger partial charge in [-0.25, -0.2) is 0 Å². The number of pyridine rings is 1. The molecule has 1 atom stereocenters. The molecule has 9 nitrogen and oxygen atoms in total. The number of aliphatic hydroxyl groups excluding tert-OH is 1. The molecule has 9 heteroatoms. The third-order valence-electron chi connectivity index (χ3n) is 6.99. The van der Waals surface area contributed by atoms with Gasteiger partial charge >= 0.3 is 0 Å². The topological polar surface area (TPSA) is 107 Å². The zero-order valence-corrected chi connectivity index (χ0v) is 23.5. The van der Waals surface area contributed by atoms with Gasteiger partial charge in [-0.2, -0.15) is 0 Å². The molecule has 3 aromatic rings. The second kappa shape index (κ2) is 12.3. The van der Waals surface area contributed by atoms with E-state index in [2.05, 4.69) is 18.8 Å². The van der Waals surface area contributed by atoms with E-state index in [0.29, 0.717) is 66.5 Å². The molecule has 5 rings (SSSR count). The van der Waals surface area contributed by atoms with Crippen LogP contribution in [0.4, 0.5) is 0 Å². The molecule has 2 aromatic carbocycles. The van der Waals surface area contributed by atoms with Gasteiger partial charge in [0, 0.05) is 24.5 Å². The maximum absolute atomic E-state index is 13.5. The number of rotatable bonds is 10. The average molecular weight is 559 g/mol. The highest BCUT2D eigenvalue weighted by Crippen LogP contribution is 2.43. The van der Waals surface area contributed by atoms with Crippen LogP contribution in [0.3, 0.4) is 0 Å². The summed E-state index contributed by atoms with van der Waals surface area (Å²) in [4.78, 5) is 32.5. The number of likely N-dealkylation sites (tertiary alicyclic amines) is 1. The molecule has 1 saturated heterocycles. The van der Waals surface area contributed by atoms with E-state index in [0.717, 1.165) is 12.0 Å². The molecule has 41 heavy (non-hydrogen) atoms. The van der Waals surface area contributed by atoms with Crippen LogP contribution in [0.25, 0.3) is 5.76 Å². The minimum atomic E-state index is -0.875. The first-order valence-corrected chi connectivity index (χ1v) is 13.8. The summed E-state index contributed by atoms with van der Waals surface area (Å²) in [6, 6.07) is 13.0. The number of hydrogen-bond donors (Lipinski definition) is 1. The Hall–Kier alpha value is -4.53. The first-order chi connectivity index (χ1) is 19.9. The molecular formula is C32H34N2O7. The summed E-state index contributed by atoms with van der Waals surface area (Å²) >= 11 is 0. The van der Waals surface area contributed by atoms with E-state index in [-0.39, 0.29) is 17.9 Å². The number of fused-ring (bicyclic) bond motifs is 1. The van der Waals surface area contributed by atoms with Gasteiger partial charge in [0.25, 0.3) is 11.7 Å². The number of hydrogen-bond acceptors (Lipinski definition) is 8. The summed E-state index contributed by atoms with van der Waals surface area (Å²) in [7, 11) is 0. The second-order valence-electron chi connectivity index (χ2n) is 10.3. The van der Waals surface area contributed by atoms with E-state index in [4.69, 9.17) is 18.9 Å². The quantitative estimate of drug-likeness (QED) is 0.203. The molecule has 2 aliphatic heterocycles. The predicted molar refractivity (Wildman–Crippen MR) is 152 cm³/mol. The Morgan fingerprint density at radius 1 is 1.00 bits per heavy atom. The third kappa shape index (κ3) is 5.99. The molecule has 0 bridgehead atoms. The van der Waals surface area contributed by atoms with Crippen LogP contribution in [0.15, 0.2) is 66.5 Å². The lowest BCUT2D eigenvalue weighted by atomic mass is 9.94. The third-order valence-corrected chi connectivity index (χ3v) is 6.99. The molecule has 0 saturated carbocycles. The van der Waals surface area contributed by atoms with Crippen LogP contribution in [0.1, 0.15) is 49.9 Å². The van der Waals surface area contributed by atoms with Gasteiger partial charge in [0.05, 0.1) is 24.8 Å². The minimum absolute atomic E-state index is 0.0170. The van der Waals surface area contributed by atoms with E-state index in [1.807, 2.05) is 6.92 Å². The number of ether oxygens (including phenoxy) is 4. The highest BCUT2D eigenvalue weighted by atomic mass is 16.6. The Morgan fingerprint density at radius 2 is 1.76 bits per heavy atom. The van der Waals surface area contributed by atoms with Crippen LogP contribution in [0.2, 0.25) is 0 Å². The second-order valence-corrected chi connectivity index (χ2v) is 10.3. The Bertz CT molecular complexity index is 1450. The van der Waals surface area contributed by atoms with Crippen LogP contribution >= 0.6 is 0 Å². The van der Waals surface area contributed by atoms with E-state index in [1.165, 1.54) is 4.90 Å². The van der Waals surface area contributed by atoms with Gasteiger partial charge in [-0.1, -0.05) is 19.9 Å². The average Bonchev–Trinajstić information content (AvgIpc) is 3.22. The Balaban J connectivity index is 1.60. The number of nitrogens with zero attached hydrogens (tertiary/aromatic N) is 2.